The fraction of sp³-hybridized carbons (Fsp3) is 0.292. The number of benzene rings is 2. The van der Waals surface area contributed by atoms with Gasteiger partial charge in [-0.15, -0.1) is 0 Å². The number of methoxy groups -OCH3 is 4. The molecule has 178 valence electrons. The van der Waals surface area contributed by atoms with Gasteiger partial charge in [0.25, 0.3) is 0 Å². The minimum Gasteiger partial charge on any atom is -0.497 e. The molecule has 1 atom stereocenters. The lowest BCUT2D eigenvalue weighted by atomic mass is 9.90. The summed E-state index contributed by atoms with van der Waals surface area (Å²) in [7, 11) is 5.89. The van der Waals surface area contributed by atoms with Crippen molar-refractivity contribution >= 4 is 34.7 Å². The molecule has 4 rings (SSSR count). The molecule has 34 heavy (non-hydrogen) atoms. The van der Waals surface area contributed by atoms with Crippen molar-refractivity contribution in [3.63, 3.8) is 0 Å². The SMILES string of the molecule is COC(=O)Cn1c2c(sc1=O)[C@@H](c1ccc(OC)c(OC)c1)CC(=O)N2c1ccc(OC)cc1. The van der Waals surface area contributed by atoms with Crippen molar-refractivity contribution < 1.29 is 28.5 Å². The molecular weight excluding hydrogens is 460 g/mol. The molecule has 9 nitrogen and oxygen atoms in total. The predicted octanol–water partition coefficient (Wildman–Crippen LogP) is 3.31. The maximum Gasteiger partial charge on any atom is 0.325 e. The molecular formula is C24H24N2O7S. The van der Waals surface area contributed by atoms with E-state index >= 15 is 0 Å². The van der Waals surface area contributed by atoms with Crippen molar-refractivity contribution in [2.75, 3.05) is 33.3 Å². The molecule has 2 heterocycles. The van der Waals surface area contributed by atoms with Gasteiger partial charge in [-0.3, -0.25) is 23.9 Å². The first kappa shape index (κ1) is 23.4. The van der Waals surface area contributed by atoms with E-state index in [0.29, 0.717) is 33.6 Å². The van der Waals surface area contributed by atoms with Crippen molar-refractivity contribution in [1.29, 1.82) is 0 Å². The molecule has 0 spiro atoms. The van der Waals surface area contributed by atoms with Gasteiger partial charge in [-0.1, -0.05) is 17.4 Å². The van der Waals surface area contributed by atoms with E-state index in [1.807, 2.05) is 6.07 Å². The lowest BCUT2D eigenvalue weighted by Gasteiger charge is -2.32. The Morgan fingerprint density at radius 1 is 0.971 bits per heavy atom. The van der Waals surface area contributed by atoms with Gasteiger partial charge in [-0.25, -0.2) is 0 Å². The molecule has 0 unspecified atom stereocenters. The fourth-order valence-electron chi connectivity index (χ4n) is 4.02. The Balaban J connectivity index is 1.89. The van der Waals surface area contributed by atoms with Gasteiger partial charge in [0.15, 0.2) is 11.5 Å². The second kappa shape index (κ2) is 9.60. The lowest BCUT2D eigenvalue weighted by molar-refractivity contribution is -0.141. The van der Waals surface area contributed by atoms with Crippen LogP contribution in [0.3, 0.4) is 0 Å². The minimum absolute atomic E-state index is 0.132. The second-order valence-corrected chi connectivity index (χ2v) is 8.51. The predicted molar refractivity (Wildman–Crippen MR) is 127 cm³/mol. The minimum atomic E-state index is -0.585. The van der Waals surface area contributed by atoms with Crippen LogP contribution in [0.15, 0.2) is 47.3 Å². The molecule has 0 saturated carbocycles. The van der Waals surface area contributed by atoms with Crippen molar-refractivity contribution in [3.8, 4) is 17.2 Å². The van der Waals surface area contributed by atoms with E-state index in [1.54, 1.807) is 50.6 Å². The Morgan fingerprint density at radius 2 is 1.68 bits per heavy atom. The third kappa shape index (κ3) is 4.12. The van der Waals surface area contributed by atoms with Gasteiger partial charge in [-0.2, -0.15) is 0 Å². The van der Waals surface area contributed by atoms with Gasteiger partial charge in [0, 0.05) is 12.3 Å². The monoisotopic (exact) mass is 484 g/mol. The summed E-state index contributed by atoms with van der Waals surface area (Å²) < 4.78 is 22.1. The Labute approximate surface area is 200 Å². The van der Waals surface area contributed by atoms with E-state index in [9.17, 15) is 14.4 Å². The van der Waals surface area contributed by atoms with Crippen molar-refractivity contribution in [2.24, 2.45) is 0 Å². The molecule has 0 aliphatic carbocycles. The molecule has 1 aromatic heterocycles. The zero-order chi connectivity index (χ0) is 24.4. The summed E-state index contributed by atoms with van der Waals surface area (Å²) in [5, 5.41) is 0. The number of amides is 1. The number of fused-ring (bicyclic) bond motifs is 1. The quantitative estimate of drug-likeness (QED) is 0.475. The third-order valence-corrected chi connectivity index (χ3v) is 6.79. The summed E-state index contributed by atoms with van der Waals surface area (Å²) >= 11 is 1.01. The van der Waals surface area contributed by atoms with Crippen LogP contribution in [0.2, 0.25) is 0 Å². The molecule has 0 saturated heterocycles. The number of nitrogens with zero attached hydrogens (tertiary/aromatic N) is 2. The topological polar surface area (TPSA) is 96.3 Å². The van der Waals surface area contributed by atoms with Crippen LogP contribution in [0.25, 0.3) is 0 Å². The highest BCUT2D eigenvalue weighted by Gasteiger charge is 2.38. The van der Waals surface area contributed by atoms with Crippen LogP contribution >= 0.6 is 11.3 Å². The van der Waals surface area contributed by atoms with E-state index in [4.69, 9.17) is 18.9 Å². The van der Waals surface area contributed by atoms with Gasteiger partial charge in [0.1, 0.15) is 18.1 Å². The zero-order valence-corrected chi connectivity index (χ0v) is 20.0. The van der Waals surface area contributed by atoms with Crippen LogP contribution in [0.1, 0.15) is 22.8 Å². The molecule has 1 amide bonds. The smallest absolute Gasteiger partial charge is 0.325 e. The number of ether oxygens (including phenoxy) is 4. The Kier molecular flexibility index (Phi) is 6.60. The molecule has 3 aromatic rings. The lowest BCUT2D eigenvalue weighted by Crippen LogP contribution is -2.36. The molecule has 0 bridgehead atoms. The summed E-state index contributed by atoms with van der Waals surface area (Å²) in [5.74, 6) is 0.883. The number of rotatable bonds is 7. The van der Waals surface area contributed by atoms with Crippen molar-refractivity contribution in [1.82, 2.24) is 4.57 Å². The number of hydrogen-bond acceptors (Lipinski definition) is 8. The van der Waals surface area contributed by atoms with Crippen molar-refractivity contribution in [2.45, 2.75) is 18.9 Å². The number of carbonyl (C=O) groups is 2. The van der Waals surface area contributed by atoms with Crippen LogP contribution in [0.4, 0.5) is 11.5 Å². The summed E-state index contributed by atoms with van der Waals surface area (Å²) in [6, 6.07) is 12.4. The highest BCUT2D eigenvalue weighted by molar-refractivity contribution is 7.10. The molecule has 1 aliphatic rings. The van der Waals surface area contributed by atoms with Crippen LogP contribution in [0.5, 0.6) is 17.2 Å². The summed E-state index contributed by atoms with van der Waals surface area (Å²) in [5.41, 5.74) is 1.36. The maximum atomic E-state index is 13.5. The van der Waals surface area contributed by atoms with E-state index in [0.717, 1.165) is 16.9 Å². The summed E-state index contributed by atoms with van der Waals surface area (Å²) in [6.07, 6.45) is 0.132. The van der Waals surface area contributed by atoms with E-state index in [1.165, 1.54) is 23.7 Å². The number of anilines is 2. The Morgan fingerprint density at radius 3 is 2.29 bits per heavy atom. The van der Waals surface area contributed by atoms with Crippen LogP contribution in [-0.4, -0.2) is 44.9 Å². The van der Waals surface area contributed by atoms with Crippen molar-refractivity contribution in [3.05, 3.63) is 62.6 Å². The highest BCUT2D eigenvalue weighted by atomic mass is 32.1. The van der Waals surface area contributed by atoms with E-state index < -0.39 is 11.9 Å². The fourth-order valence-corrected chi connectivity index (χ4v) is 5.12. The van der Waals surface area contributed by atoms with Crippen LogP contribution in [0, 0.1) is 0 Å². The van der Waals surface area contributed by atoms with Crippen LogP contribution < -0.4 is 24.0 Å². The molecule has 2 aromatic carbocycles. The largest absolute Gasteiger partial charge is 0.497 e. The van der Waals surface area contributed by atoms with Gasteiger partial charge in [-0.05, 0) is 42.0 Å². The number of thiazole rings is 1. The first-order chi connectivity index (χ1) is 16.4. The molecule has 0 radical (unpaired) electrons. The molecule has 10 heteroatoms. The standard InChI is InChI=1S/C24H24N2O7S/c1-30-16-8-6-15(7-9-16)26-20(27)12-17(14-5-10-18(31-2)19(11-14)32-3)22-23(26)25(24(29)34-22)13-21(28)33-4/h5-11,17H,12-13H2,1-4H3/t17-/m1/s1. The molecule has 1 aliphatic heterocycles. The average Bonchev–Trinajstić information content (AvgIpc) is 3.18. The number of aromatic nitrogens is 1. The highest BCUT2D eigenvalue weighted by Crippen LogP contribution is 2.46. The van der Waals surface area contributed by atoms with Crippen LogP contribution in [-0.2, 0) is 20.9 Å². The third-order valence-electron chi connectivity index (χ3n) is 5.71. The van der Waals surface area contributed by atoms with Gasteiger partial charge in [0.2, 0.25) is 5.91 Å². The molecule has 0 fully saturated rings. The number of esters is 1. The van der Waals surface area contributed by atoms with Gasteiger partial charge < -0.3 is 18.9 Å². The normalized spacial score (nSPS) is 15.0. The molecule has 0 N–H and O–H groups in total. The maximum absolute atomic E-state index is 13.5. The first-order valence-corrected chi connectivity index (χ1v) is 11.2. The number of carbonyl (C=O) groups excluding carboxylic acids is 2. The number of hydrogen-bond donors (Lipinski definition) is 0. The Hall–Kier alpha value is -3.79. The van der Waals surface area contributed by atoms with E-state index in [-0.39, 0.29) is 23.7 Å². The summed E-state index contributed by atoms with van der Waals surface area (Å²) in [6.45, 7) is -0.306. The first-order valence-electron chi connectivity index (χ1n) is 10.4. The summed E-state index contributed by atoms with van der Waals surface area (Å²) in [4.78, 5) is 40.4. The second-order valence-electron chi connectivity index (χ2n) is 7.52. The Bertz CT molecular complexity index is 1280. The van der Waals surface area contributed by atoms with Gasteiger partial charge in [0.05, 0.1) is 39.0 Å². The van der Waals surface area contributed by atoms with E-state index in [2.05, 4.69) is 0 Å². The average molecular weight is 485 g/mol. The van der Waals surface area contributed by atoms with Gasteiger partial charge >= 0.3 is 10.8 Å². The zero-order valence-electron chi connectivity index (χ0n) is 19.2.